The lowest BCUT2D eigenvalue weighted by Gasteiger charge is -2.26. The maximum absolute atomic E-state index is 13.0. The van der Waals surface area contributed by atoms with Gasteiger partial charge < -0.3 is 10.0 Å². The van der Waals surface area contributed by atoms with Gasteiger partial charge >= 0.3 is 6.18 Å². The summed E-state index contributed by atoms with van der Waals surface area (Å²) >= 11 is 0. The molecule has 2 heterocycles. The van der Waals surface area contributed by atoms with Crippen molar-refractivity contribution in [3.63, 3.8) is 0 Å². The standard InChI is InChI=1S/C17H18F3N3O3/c1-10(2)23-14(24)12-6-4-3-5-11(12)13(21-23)15(25)22-8-7-16(26,9-22)17(18,19)20/h3-6,10,26H,7-9H2,1-2H3/t16-/m1/s1. The van der Waals surface area contributed by atoms with Crippen molar-refractivity contribution in [3.8, 4) is 0 Å². The first-order chi connectivity index (χ1) is 12.0. The van der Waals surface area contributed by atoms with Crippen LogP contribution in [-0.2, 0) is 0 Å². The van der Waals surface area contributed by atoms with E-state index in [0.29, 0.717) is 0 Å². The van der Waals surface area contributed by atoms with Crippen LogP contribution in [0.15, 0.2) is 29.1 Å². The van der Waals surface area contributed by atoms with E-state index >= 15 is 0 Å². The van der Waals surface area contributed by atoms with Crippen LogP contribution < -0.4 is 5.56 Å². The number of β-amino-alcohol motifs (C(OH)–C–C–N with tert-alkyl or cyclic N) is 1. The fraction of sp³-hybridized carbons (Fsp3) is 0.471. The first-order valence-electron chi connectivity index (χ1n) is 8.15. The molecular weight excluding hydrogens is 351 g/mol. The molecule has 0 aliphatic carbocycles. The van der Waals surface area contributed by atoms with Crippen molar-refractivity contribution in [2.24, 2.45) is 0 Å². The second-order valence-electron chi connectivity index (χ2n) is 6.74. The van der Waals surface area contributed by atoms with Gasteiger partial charge in [0.1, 0.15) is 0 Å². The summed E-state index contributed by atoms with van der Waals surface area (Å²) in [5, 5.41) is 14.5. The molecule has 2 aromatic rings. The molecule has 1 aromatic carbocycles. The third-order valence-corrected chi connectivity index (χ3v) is 4.58. The van der Waals surface area contributed by atoms with Gasteiger partial charge in [-0.15, -0.1) is 0 Å². The molecule has 1 aromatic heterocycles. The Balaban J connectivity index is 2.07. The number of hydrogen-bond donors (Lipinski definition) is 1. The van der Waals surface area contributed by atoms with Crippen molar-refractivity contribution in [2.75, 3.05) is 13.1 Å². The summed E-state index contributed by atoms with van der Waals surface area (Å²) < 4.78 is 40.2. The second kappa shape index (κ2) is 6.08. The van der Waals surface area contributed by atoms with Gasteiger partial charge in [-0.3, -0.25) is 9.59 Å². The molecule has 1 N–H and O–H groups in total. The average Bonchev–Trinajstić information content (AvgIpc) is 2.98. The van der Waals surface area contributed by atoms with Crippen LogP contribution >= 0.6 is 0 Å². The maximum atomic E-state index is 13.0. The molecule has 140 valence electrons. The number of halogens is 3. The minimum Gasteiger partial charge on any atom is -0.379 e. The Hall–Kier alpha value is -2.42. The lowest BCUT2D eigenvalue weighted by molar-refractivity contribution is -0.253. The SMILES string of the molecule is CC(C)n1nc(C(=O)N2CC[C@](O)(C(F)(F)F)C2)c2ccccc2c1=O. The Morgan fingerprint density at radius 3 is 2.42 bits per heavy atom. The number of likely N-dealkylation sites (tertiary alicyclic amines) is 1. The van der Waals surface area contributed by atoms with Gasteiger partial charge in [0.2, 0.25) is 0 Å². The fourth-order valence-corrected chi connectivity index (χ4v) is 3.06. The molecule has 1 amide bonds. The van der Waals surface area contributed by atoms with E-state index in [4.69, 9.17) is 0 Å². The molecule has 1 aliphatic heterocycles. The molecule has 0 spiro atoms. The molecular formula is C17H18F3N3O3. The summed E-state index contributed by atoms with van der Waals surface area (Å²) in [6.45, 7) is 2.34. The molecule has 0 radical (unpaired) electrons. The number of aromatic nitrogens is 2. The summed E-state index contributed by atoms with van der Waals surface area (Å²) in [6, 6.07) is 6.01. The van der Waals surface area contributed by atoms with Crippen molar-refractivity contribution < 1.29 is 23.1 Å². The molecule has 1 atom stereocenters. The van der Waals surface area contributed by atoms with Gasteiger partial charge in [0.15, 0.2) is 11.3 Å². The van der Waals surface area contributed by atoms with Crippen LogP contribution in [0.4, 0.5) is 13.2 Å². The summed E-state index contributed by atoms with van der Waals surface area (Å²) in [4.78, 5) is 26.2. The zero-order valence-electron chi connectivity index (χ0n) is 14.2. The number of hydrogen-bond acceptors (Lipinski definition) is 4. The molecule has 0 bridgehead atoms. The smallest absolute Gasteiger partial charge is 0.379 e. The predicted molar refractivity (Wildman–Crippen MR) is 87.9 cm³/mol. The molecule has 9 heteroatoms. The highest BCUT2D eigenvalue weighted by atomic mass is 19.4. The van der Waals surface area contributed by atoms with E-state index in [2.05, 4.69) is 5.10 Å². The average molecular weight is 369 g/mol. The summed E-state index contributed by atoms with van der Waals surface area (Å²) in [7, 11) is 0. The van der Waals surface area contributed by atoms with E-state index in [-0.39, 0.29) is 34.6 Å². The van der Waals surface area contributed by atoms with E-state index < -0.39 is 30.7 Å². The van der Waals surface area contributed by atoms with Crippen LogP contribution in [-0.4, -0.2) is 50.6 Å². The number of carbonyl (C=O) groups excluding carboxylic acids is 1. The number of rotatable bonds is 2. The van der Waals surface area contributed by atoms with Crippen LogP contribution in [0.1, 0.15) is 36.8 Å². The first kappa shape index (κ1) is 18.4. The summed E-state index contributed by atoms with van der Waals surface area (Å²) in [5.41, 5.74) is -3.40. The van der Waals surface area contributed by atoms with E-state index in [1.807, 2.05) is 0 Å². The minimum absolute atomic E-state index is 0.0969. The van der Waals surface area contributed by atoms with Gasteiger partial charge in [-0.05, 0) is 19.9 Å². The quantitative estimate of drug-likeness (QED) is 0.880. The number of amides is 1. The molecule has 3 rings (SSSR count). The maximum Gasteiger partial charge on any atom is 0.419 e. The lowest BCUT2D eigenvalue weighted by atomic mass is 10.0. The lowest BCUT2D eigenvalue weighted by Crippen LogP contribution is -2.48. The highest BCUT2D eigenvalue weighted by Crippen LogP contribution is 2.38. The molecule has 1 aliphatic rings. The largest absolute Gasteiger partial charge is 0.419 e. The third-order valence-electron chi connectivity index (χ3n) is 4.58. The van der Waals surface area contributed by atoms with Crippen molar-refractivity contribution in [2.45, 2.75) is 38.1 Å². The highest BCUT2D eigenvalue weighted by Gasteiger charge is 2.58. The van der Waals surface area contributed by atoms with E-state index in [9.17, 15) is 27.9 Å². The Labute approximate surface area is 146 Å². The number of fused-ring (bicyclic) bond motifs is 1. The van der Waals surface area contributed by atoms with Gasteiger partial charge in [-0.2, -0.15) is 18.3 Å². The monoisotopic (exact) mass is 369 g/mol. The zero-order valence-corrected chi connectivity index (χ0v) is 14.2. The number of nitrogens with zero attached hydrogens (tertiary/aromatic N) is 3. The Morgan fingerprint density at radius 1 is 1.27 bits per heavy atom. The normalized spacial score (nSPS) is 21.0. The van der Waals surface area contributed by atoms with E-state index in [1.54, 1.807) is 32.0 Å². The van der Waals surface area contributed by atoms with Crippen LogP contribution in [0.25, 0.3) is 10.8 Å². The van der Waals surface area contributed by atoms with Crippen LogP contribution in [0.5, 0.6) is 0 Å². The second-order valence-corrected chi connectivity index (χ2v) is 6.74. The topological polar surface area (TPSA) is 75.4 Å². The van der Waals surface area contributed by atoms with Crippen molar-refractivity contribution >= 4 is 16.7 Å². The number of aliphatic hydroxyl groups is 1. The highest BCUT2D eigenvalue weighted by molar-refractivity contribution is 6.04. The predicted octanol–water partition coefficient (Wildman–Crippen LogP) is 2.12. The van der Waals surface area contributed by atoms with Crippen LogP contribution in [0, 0.1) is 0 Å². The molecule has 1 saturated heterocycles. The minimum atomic E-state index is -4.83. The Kier molecular flexibility index (Phi) is 4.30. The van der Waals surface area contributed by atoms with Gasteiger partial charge in [-0.25, -0.2) is 4.68 Å². The molecule has 6 nitrogen and oxygen atoms in total. The van der Waals surface area contributed by atoms with Crippen molar-refractivity contribution in [1.82, 2.24) is 14.7 Å². The van der Waals surface area contributed by atoms with E-state index in [1.165, 1.54) is 6.07 Å². The molecule has 26 heavy (non-hydrogen) atoms. The van der Waals surface area contributed by atoms with Crippen molar-refractivity contribution in [1.29, 1.82) is 0 Å². The van der Waals surface area contributed by atoms with Gasteiger partial charge in [0.25, 0.3) is 11.5 Å². The van der Waals surface area contributed by atoms with E-state index in [0.717, 1.165) is 9.58 Å². The van der Waals surface area contributed by atoms with Gasteiger partial charge in [-0.1, -0.05) is 18.2 Å². The van der Waals surface area contributed by atoms with Gasteiger partial charge in [0.05, 0.1) is 18.0 Å². The summed E-state index contributed by atoms with van der Waals surface area (Å²) in [5.74, 6) is -0.740. The fourth-order valence-electron chi connectivity index (χ4n) is 3.06. The summed E-state index contributed by atoms with van der Waals surface area (Å²) in [6.07, 6.45) is -5.42. The zero-order chi connectivity index (χ0) is 19.3. The van der Waals surface area contributed by atoms with Crippen LogP contribution in [0.3, 0.4) is 0 Å². The Bertz CT molecular complexity index is 923. The molecule has 0 unspecified atom stereocenters. The molecule has 1 fully saturated rings. The molecule has 0 saturated carbocycles. The van der Waals surface area contributed by atoms with Gasteiger partial charge in [0, 0.05) is 18.4 Å². The number of carbonyl (C=O) groups is 1. The first-order valence-corrected chi connectivity index (χ1v) is 8.15. The number of benzene rings is 1. The van der Waals surface area contributed by atoms with Crippen molar-refractivity contribution in [3.05, 3.63) is 40.3 Å². The number of alkyl halides is 3. The Morgan fingerprint density at radius 2 is 1.88 bits per heavy atom. The van der Waals surface area contributed by atoms with Crippen LogP contribution in [0.2, 0.25) is 0 Å². The third kappa shape index (κ3) is 2.86.